The molecule has 0 unspecified atom stereocenters. The Kier molecular flexibility index (Phi) is 3.07. The second kappa shape index (κ2) is 4.18. The molecule has 0 atom stereocenters. The Bertz CT molecular complexity index is 323. The van der Waals surface area contributed by atoms with E-state index in [4.69, 9.17) is 5.11 Å². The predicted molar refractivity (Wildman–Crippen MR) is 56.6 cm³/mol. The summed E-state index contributed by atoms with van der Waals surface area (Å²) in [7, 11) is 0. The molecule has 2 rings (SSSR count). The van der Waals surface area contributed by atoms with Crippen LogP contribution < -0.4 is 0 Å². The van der Waals surface area contributed by atoms with Crippen molar-refractivity contribution < 1.29 is 13.9 Å². The average molecular weight is 232 g/mol. The number of aryl methyl sites for hydroxylation is 2. The minimum Gasteiger partial charge on any atom is -0.396 e. The second-order valence-electron chi connectivity index (χ2n) is 3.94. The van der Waals surface area contributed by atoms with Crippen LogP contribution in [-0.4, -0.2) is 11.7 Å². The van der Waals surface area contributed by atoms with E-state index in [0.29, 0.717) is 0 Å². The molecule has 1 aromatic heterocycles. The highest BCUT2D eigenvalue weighted by atomic mass is 32.1. The summed E-state index contributed by atoms with van der Waals surface area (Å²) in [6, 6.07) is 1.63. The highest BCUT2D eigenvalue weighted by molar-refractivity contribution is 7.12. The Morgan fingerprint density at radius 3 is 2.73 bits per heavy atom. The lowest BCUT2D eigenvalue weighted by molar-refractivity contribution is -0.0234. The van der Waals surface area contributed by atoms with Crippen molar-refractivity contribution in [1.82, 2.24) is 0 Å². The Morgan fingerprint density at radius 1 is 1.33 bits per heavy atom. The number of hydrogen-bond acceptors (Lipinski definition) is 2. The van der Waals surface area contributed by atoms with Gasteiger partial charge in [0.1, 0.15) is 0 Å². The molecular weight excluding hydrogens is 218 g/mol. The van der Waals surface area contributed by atoms with Crippen LogP contribution in [0.15, 0.2) is 6.07 Å². The summed E-state index contributed by atoms with van der Waals surface area (Å²) >= 11 is 1.22. The lowest BCUT2D eigenvalue weighted by Gasteiger charge is -2.12. The maximum atomic E-state index is 13.5. The normalized spacial score (nSPS) is 16.5. The van der Waals surface area contributed by atoms with Crippen LogP contribution in [0.25, 0.3) is 0 Å². The zero-order valence-corrected chi connectivity index (χ0v) is 9.25. The largest absolute Gasteiger partial charge is 0.396 e. The summed E-state index contributed by atoms with van der Waals surface area (Å²) < 4.78 is 27.0. The molecule has 0 aliphatic heterocycles. The number of alkyl halides is 2. The van der Waals surface area contributed by atoms with Crippen molar-refractivity contribution in [3.05, 3.63) is 21.4 Å². The van der Waals surface area contributed by atoms with Gasteiger partial charge in [0.2, 0.25) is 0 Å². The van der Waals surface area contributed by atoms with E-state index in [-0.39, 0.29) is 4.88 Å². The number of aliphatic hydroxyl groups excluding tert-OH is 1. The maximum Gasteiger partial charge on any atom is 0.284 e. The molecule has 84 valence electrons. The molecule has 1 nitrogen and oxygen atoms in total. The number of thiophene rings is 1. The molecule has 0 aromatic carbocycles. The molecule has 15 heavy (non-hydrogen) atoms. The molecule has 1 aromatic rings. The lowest BCUT2D eigenvalue weighted by Crippen LogP contribution is -2.13. The van der Waals surface area contributed by atoms with Crippen molar-refractivity contribution in [3.8, 4) is 0 Å². The number of aliphatic hydroxyl groups is 1. The van der Waals surface area contributed by atoms with Crippen LogP contribution >= 0.6 is 11.3 Å². The van der Waals surface area contributed by atoms with E-state index >= 15 is 0 Å². The number of hydrogen-bond donors (Lipinski definition) is 1. The molecule has 0 spiro atoms. The molecule has 0 saturated heterocycles. The molecular formula is C11H14F2OS. The number of halogens is 2. The van der Waals surface area contributed by atoms with Gasteiger partial charge in [0.15, 0.2) is 0 Å². The first-order chi connectivity index (χ1) is 7.13. The number of fused-ring (bicyclic) bond motifs is 1. The first-order valence-electron chi connectivity index (χ1n) is 5.24. The smallest absolute Gasteiger partial charge is 0.284 e. The highest BCUT2D eigenvalue weighted by Gasteiger charge is 2.33. The van der Waals surface area contributed by atoms with E-state index < -0.39 is 19.0 Å². The third-order valence-corrected chi connectivity index (χ3v) is 4.13. The zero-order valence-electron chi connectivity index (χ0n) is 8.43. The van der Waals surface area contributed by atoms with E-state index in [9.17, 15) is 8.78 Å². The zero-order chi connectivity index (χ0) is 10.9. The Balaban J connectivity index is 2.25. The van der Waals surface area contributed by atoms with Gasteiger partial charge in [0.05, 0.1) is 4.88 Å². The molecule has 0 bridgehead atoms. The van der Waals surface area contributed by atoms with Gasteiger partial charge in [-0.3, -0.25) is 0 Å². The fourth-order valence-electron chi connectivity index (χ4n) is 1.93. The van der Waals surface area contributed by atoms with Crippen LogP contribution in [-0.2, 0) is 18.8 Å². The SMILES string of the molecule is OCCC(F)(F)c1cc2c(s1)CCCC2. The average Bonchev–Trinajstić information content (AvgIpc) is 2.61. The minimum atomic E-state index is -2.85. The molecule has 1 aliphatic rings. The topological polar surface area (TPSA) is 20.2 Å². The van der Waals surface area contributed by atoms with E-state index in [0.717, 1.165) is 36.1 Å². The van der Waals surface area contributed by atoms with Crippen LogP contribution in [0.1, 0.15) is 34.6 Å². The van der Waals surface area contributed by atoms with Crippen LogP contribution in [0.2, 0.25) is 0 Å². The fourth-order valence-corrected chi connectivity index (χ4v) is 3.19. The first kappa shape index (κ1) is 11.0. The summed E-state index contributed by atoms with van der Waals surface area (Å²) in [6.45, 7) is -0.463. The molecule has 1 heterocycles. The lowest BCUT2D eigenvalue weighted by atomic mass is 9.99. The summed E-state index contributed by atoms with van der Waals surface area (Å²) in [5.74, 6) is -2.85. The van der Waals surface area contributed by atoms with Gasteiger partial charge < -0.3 is 5.11 Å². The van der Waals surface area contributed by atoms with Gasteiger partial charge in [-0.05, 0) is 37.3 Å². The van der Waals surface area contributed by atoms with Crippen molar-refractivity contribution in [2.45, 2.75) is 38.0 Å². The third-order valence-electron chi connectivity index (χ3n) is 2.78. The molecule has 0 radical (unpaired) electrons. The van der Waals surface area contributed by atoms with Crippen LogP contribution in [0.5, 0.6) is 0 Å². The van der Waals surface area contributed by atoms with Gasteiger partial charge in [-0.2, -0.15) is 0 Å². The fraction of sp³-hybridized carbons (Fsp3) is 0.636. The van der Waals surface area contributed by atoms with Crippen LogP contribution in [0.3, 0.4) is 0 Å². The van der Waals surface area contributed by atoms with Crippen molar-refractivity contribution in [2.75, 3.05) is 6.61 Å². The Labute approximate surface area is 91.7 Å². The van der Waals surface area contributed by atoms with Gasteiger partial charge in [0.25, 0.3) is 5.92 Å². The third kappa shape index (κ3) is 2.21. The Morgan fingerprint density at radius 2 is 2.07 bits per heavy atom. The minimum absolute atomic E-state index is 0.128. The molecule has 1 aliphatic carbocycles. The summed E-state index contributed by atoms with van der Waals surface area (Å²) in [4.78, 5) is 1.25. The van der Waals surface area contributed by atoms with Crippen molar-refractivity contribution in [3.63, 3.8) is 0 Å². The van der Waals surface area contributed by atoms with Gasteiger partial charge in [-0.25, -0.2) is 8.78 Å². The summed E-state index contributed by atoms with van der Waals surface area (Å²) in [5, 5.41) is 8.59. The molecule has 0 amide bonds. The molecule has 4 heteroatoms. The molecule has 1 N–H and O–H groups in total. The van der Waals surface area contributed by atoms with Gasteiger partial charge >= 0.3 is 0 Å². The van der Waals surface area contributed by atoms with Crippen molar-refractivity contribution >= 4 is 11.3 Å². The van der Waals surface area contributed by atoms with Gasteiger partial charge in [-0.1, -0.05) is 0 Å². The molecule has 0 saturated carbocycles. The monoisotopic (exact) mass is 232 g/mol. The van der Waals surface area contributed by atoms with Crippen LogP contribution in [0, 0.1) is 0 Å². The summed E-state index contributed by atoms with van der Waals surface area (Å²) in [6.07, 6.45) is 3.62. The quantitative estimate of drug-likeness (QED) is 0.849. The van der Waals surface area contributed by atoms with Crippen molar-refractivity contribution in [2.24, 2.45) is 0 Å². The maximum absolute atomic E-state index is 13.5. The predicted octanol–water partition coefficient (Wildman–Crippen LogP) is 3.10. The summed E-state index contributed by atoms with van der Waals surface area (Å²) in [5.41, 5.74) is 1.10. The molecule has 0 fully saturated rings. The van der Waals surface area contributed by atoms with E-state index in [2.05, 4.69) is 0 Å². The van der Waals surface area contributed by atoms with E-state index in [1.807, 2.05) is 0 Å². The van der Waals surface area contributed by atoms with Crippen LogP contribution in [0.4, 0.5) is 8.78 Å². The van der Waals surface area contributed by atoms with Gasteiger partial charge in [-0.15, -0.1) is 11.3 Å². The van der Waals surface area contributed by atoms with E-state index in [1.54, 1.807) is 6.07 Å². The first-order valence-corrected chi connectivity index (χ1v) is 6.06. The van der Waals surface area contributed by atoms with E-state index in [1.165, 1.54) is 11.3 Å². The second-order valence-corrected chi connectivity index (χ2v) is 5.08. The standard InChI is InChI=1S/C11H14F2OS/c12-11(13,5-6-14)10-7-8-3-1-2-4-9(8)15-10/h7,14H,1-6H2. The number of rotatable bonds is 3. The van der Waals surface area contributed by atoms with Gasteiger partial charge in [0, 0.05) is 17.9 Å². The highest BCUT2D eigenvalue weighted by Crippen LogP contribution is 2.40. The van der Waals surface area contributed by atoms with Crippen molar-refractivity contribution in [1.29, 1.82) is 0 Å². The Hall–Kier alpha value is -0.480.